The van der Waals surface area contributed by atoms with Gasteiger partial charge in [-0.3, -0.25) is 19.8 Å². The highest BCUT2D eigenvalue weighted by atomic mass is 32.2. The van der Waals surface area contributed by atoms with Gasteiger partial charge in [-0.1, -0.05) is 0 Å². The normalized spacial score (nSPS) is 13.4. The third-order valence-corrected chi connectivity index (χ3v) is 7.34. The third-order valence-electron chi connectivity index (χ3n) is 5.46. The minimum atomic E-state index is -4.59. The first-order chi connectivity index (χ1) is 18.3. The Morgan fingerprint density at radius 1 is 1.23 bits per heavy atom. The van der Waals surface area contributed by atoms with Crippen LogP contribution in [-0.2, 0) is 21.0 Å². The Morgan fingerprint density at radius 3 is 2.51 bits per heavy atom. The molecule has 14 heteroatoms. The lowest BCUT2D eigenvalue weighted by Crippen LogP contribution is -2.44. The lowest BCUT2D eigenvalue weighted by Gasteiger charge is -2.24. The molecule has 0 aliphatic rings. The van der Waals surface area contributed by atoms with Crippen molar-refractivity contribution in [3.63, 3.8) is 0 Å². The lowest BCUT2D eigenvalue weighted by atomic mass is 10.1. The number of nitrogens with zero attached hydrogens (tertiary/aromatic N) is 4. The monoisotopic (exact) mass is 567 g/mol. The highest BCUT2D eigenvalue weighted by Gasteiger charge is 2.33. The molecule has 0 bridgehead atoms. The highest BCUT2D eigenvalue weighted by molar-refractivity contribution is 7.89. The summed E-state index contributed by atoms with van der Waals surface area (Å²) in [6.45, 7) is 5.84. The number of benzene rings is 1. The molecule has 1 aromatic carbocycles. The van der Waals surface area contributed by atoms with Crippen LogP contribution in [0.1, 0.15) is 25.1 Å². The molecule has 0 unspecified atom stereocenters. The average molecular weight is 568 g/mol. The molecular weight excluding hydrogens is 542 g/mol. The predicted molar refractivity (Wildman–Crippen MR) is 138 cm³/mol. The second kappa shape index (κ2) is 11.9. The minimum absolute atomic E-state index is 0.173. The average Bonchev–Trinajstić information content (AvgIpc) is 3.31. The molecule has 0 aliphatic carbocycles. The van der Waals surface area contributed by atoms with Crippen molar-refractivity contribution in [1.29, 1.82) is 0 Å². The number of fused-ring (bicyclic) bond motifs is 1. The van der Waals surface area contributed by atoms with Gasteiger partial charge in [-0.15, -0.1) is 0 Å². The molecule has 0 fully saturated rings. The Kier molecular flexibility index (Phi) is 9.02. The van der Waals surface area contributed by atoms with E-state index in [1.807, 2.05) is 0 Å². The van der Waals surface area contributed by atoms with Gasteiger partial charge in [-0.05, 0) is 57.0 Å². The number of carbonyl (C=O) groups is 1. The fourth-order valence-electron chi connectivity index (χ4n) is 3.46. The number of amides is 1. The molecule has 2 aromatic heterocycles. The molecule has 3 rings (SSSR count). The number of nitrogens with one attached hydrogen (secondary N) is 1. The van der Waals surface area contributed by atoms with Crippen molar-refractivity contribution in [3.05, 3.63) is 71.4 Å². The number of alkyl halides is 3. The topological polar surface area (TPSA) is 117 Å². The van der Waals surface area contributed by atoms with Gasteiger partial charge in [0, 0.05) is 36.3 Å². The van der Waals surface area contributed by atoms with Crippen molar-refractivity contribution in [2.45, 2.75) is 31.2 Å². The van der Waals surface area contributed by atoms with Crippen molar-refractivity contribution >= 4 is 39.3 Å². The van der Waals surface area contributed by atoms with Gasteiger partial charge in [0.25, 0.3) is 10.0 Å². The maximum atomic E-state index is 13.5. The summed E-state index contributed by atoms with van der Waals surface area (Å²) in [4.78, 5) is 23.9. The number of furan rings is 1. The van der Waals surface area contributed by atoms with Crippen LogP contribution in [0.25, 0.3) is 11.0 Å². The van der Waals surface area contributed by atoms with Crippen LogP contribution in [0.4, 0.5) is 17.6 Å². The predicted octanol–water partition coefficient (Wildman–Crippen LogP) is 4.20. The number of pyridine rings is 1. The Bertz CT molecular complexity index is 1530. The van der Waals surface area contributed by atoms with E-state index in [4.69, 9.17) is 4.42 Å². The molecule has 2 heterocycles. The van der Waals surface area contributed by atoms with E-state index >= 15 is 0 Å². The second-order valence-corrected chi connectivity index (χ2v) is 10.3. The SMILES string of the molecule is C=N/C(=C\C(=N/C)c1ccc(C(F)(F)F)nc1)CNC(=O)CN(C(C)C)S(=O)(=O)c1cc2cc(F)ccc2o1. The summed E-state index contributed by atoms with van der Waals surface area (Å²) in [5.41, 5.74) is -0.158. The van der Waals surface area contributed by atoms with Gasteiger partial charge >= 0.3 is 6.18 Å². The number of hydrogen-bond acceptors (Lipinski definition) is 7. The number of aromatic nitrogens is 1. The van der Waals surface area contributed by atoms with Crippen molar-refractivity contribution in [2.24, 2.45) is 9.98 Å². The van der Waals surface area contributed by atoms with Gasteiger partial charge in [0.15, 0.2) is 0 Å². The standard InChI is InChI=1S/C25H25F4N5O4S/c1-15(2)34(39(36,37)24-10-17-9-18(26)6-7-21(17)38-24)14-23(35)33-13-19(30-3)11-20(31-4)16-5-8-22(32-12-16)25(27,28)29/h5-12,15H,3,13-14H2,1-2,4H3,(H,33,35)/b19-11-,31-20+. The minimum Gasteiger partial charge on any atom is -0.443 e. The number of aliphatic imine (C=N–C) groups is 2. The molecule has 0 radical (unpaired) electrons. The number of carbonyl (C=O) groups excluding carboxylic acids is 1. The molecule has 0 aliphatic heterocycles. The molecule has 39 heavy (non-hydrogen) atoms. The van der Waals surface area contributed by atoms with Gasteiger partial charge in [0.1, 0.15) is 17.1 Å². The van der Waals surface area contributed by atoms with Crippen molar-refractivity contribution in [2.75, 3.05) is 20.1 Å². The van der Waals surface area contributed by atoms with Crippen LogP contribution in [0, 0.1) is 5.82 Å². The van der Waals surface area contributed by atoms with Crippen LogP contribution >= 0.6 is 0 Å². The number of allylic oxidation sites excluding steroid dienone is 1. The number of hydrogen-bond donors (Lipinski definition) is 1. The molecule has 1 amide bonds. The fraction of sp³-hybridized carbons (Fsp3) is 0.280. The molecule has 208 valence electrons. The fourth-order valence-corrected chi connectivity index (χ4v) is 5.01. The van der Waals surface area contributed by atoms with E-state index in [2.05, 4.69) is 27.0 Å². The summed E-state index contributed by atoms with van der Waals surface area (Å²) in [5, 5.41) is 2.36. The van der Waals surface area contributed by atoms with E-state index in [-0.39, 0.29) is 34.5 Å². The first-order valence-corrected chi connectivity index (χ1v) is 12.9. The van der Waals surface area contributed by atoms with Gasteiger partial charge in [0.05, 0.1) is 24.5 Å². The number of rotatable bonds is 10. The lowest BCUT2D eigenvalue weighted by molar-refractivity contribution is -0.141. The Morgan fingerprint density at radius 2 is 1.95 bits per heavy atom. The largest absolute Gasteiger partial charge is 0.443 e. The number of halogens is 4. The zero-order valence-corrected chi connectivity index (χ0v) is 22.0. The Labute approximate surface area is 222 Å². The molecule has 0 spiro atoms. The summed E-state index contributed by atoms with van der Waals surface area (Å²) < 4.78 is 84.6. The third kappa shape index (κ3) is 7.15. The molecule has 0 saturated heterocycles. The highest BCUT2D eigenvalue weighted by Crippen LogP contribution is 2.28. The van der Waals surface area contributed by atoms with E-state index in [0.29, 0.717) is 0 Å². The Hall–Kier alpha value is -3.91. The van der Waals surface area contributed by atoms with Crippen LogP contribution < -0.4 is 5.32 Å². The zero-order valence-electron chi connectivity index (χ0n) is 21.2. The molecule has 0 saturated carbocycles. The Balaban J connectivity index is 1.73. The summed E-state index contributed by atoms with van der Waals surface area (Å²) in [7, 11) is -2.84. The van der Waals surface area contributed by atoms with E-state index in [9.17, 15) is 30.8 Å². The van der Waals surface area contributed by atoms with Crippen molar-refractivity contribution < 1.29 is 35.2 Å². The van der Waals surface area contributed by atoms with Gasteiger partial charge < -0.3 is 9.73 Å². The number of sulfonamides is 1. The summed E-state index contributed by atoms with van der Waals surface area (Å²) >= 11 is 0. The summed E-state index contributed by atoms with van der Waals surface area (Å²) in [6.07, 6.45) is -2.17. The van der Waals surface area contributed by atoms with Crippen LogP contribution in [0.3, 0.4) is 0 Å². The molecule has 0 atom stereocenters. The quantitative estimate of drug-likeness (QED) is 0.291. The maximum absolute atomic E-state index is 13.5. The smallest absolute Gasteiger partial charge is 0.433 e. The second-order valence-electron chi connectivity index (χ2n) is 8.50. The summed E-state index contributed by atoms with van der Waals surface area (Å²) in [6, 6.07) is 6.14. The van der Waals surface area contributed by atoms with Crippen molar-refractivity contribution in [3.8, 4) is 0 Å². The maximum Gasteiger partial charge on any atom is 0.433 e. The van der Waals surface area contributed by atoms with Gasteiger partial charge in [0.2, 0.25) is 11.0 Å². The zero-order chi connectivity index (χ0) is 29.0. The first-order valence-electron chi connectivity index (χ1n) is 11.4. The van der Waals surface area contributed by atoms with Gasteiger partial charge in [-0.25, -0.2) is 12.8 Å². The summed E-state index contributed by atoms with van der Waals surface area (Å²) in [5.74, 6) is -1.23. The van der Waals surface area contributed by atoms with E-state index < -0.39 is 51.3 Å². The van der Waals surface area contributed by atoms with E-state index in [1.54, 1.807) is 13.8 Å². The van der Waals surface area contributed by atoms with Crippen LogP contribution in [-0.4, -0.2) is 62.2 Å². The van der Waals surface area contributed by atoms with E-state index in [0.717, 1.165) is 28.7 Å². The van der Waals surface area contributed by atoms with Crippen LogP contribution in [0.2, 0.25) is 0 Å². The molecule has 3 aromatic rings. The van der Waals surface area contributed by atoms with Crippen molar-refractivity contribution in [1.82, 2.24) is 14.6 Å². The van der Waals surface area contributed by atoms with Gasteiger partial charge in [-0.2, -0.15) is 17.5 Å². The molecule has 1 N–H and O–H groups in total. The van der Waals surface area contributed by atoms with E-state index in [1.165, 1.54) is 31.3 Å². The molecular formula is C25H25F4N5O4S. The van der Waals surface area contributed by atoms with Crippen LogP contribution in [0.5, 0.6) is 0 Å². The first kappa shape index (κ1) is 29.6. The molecule has 9 nitrogen and oxygen atoms in total. The van der Waals surface area contributed by atoms with Crippen LogP contribution in [0.15, 0.2) is 73.9 Å².